The van der Waals surface area contributed by atoms with Crippen LogP contribution >= 0.6 is 11.3 Å². The first-order valence-corrected chi connectivity index (χ1v) is 6.22. The zero-order valence-corrected chi connectivity index (χ0v) is 11.0. The average Bonchev–Trinajstić information content (AvgIpc) is 2.90. The predicted octanol–water partition coefficient (Wildman–Crippen LogP) is -0.120. The molecule has 0 aliphatic rings. The molecule has 1 heterocycles. The Labute approximate surface area is 113 Å². The molecular formula is C11H14N2O5S. The van der Waals surface area contributed by atoms with E-state index in [-0.39, 0.29) is 0 Å². The van der Waals surface area contributed by atoms with Crippen molar-refractivity contribution in [3.05, 3.63) is 22.4 Å². The second-order valence-corrected chi connectivity index (χ2v) is 4.65. The Bertz CT molecular complexity index is 460. The summed E-state index contributed by atoms with van der Waals surface area (Å²) in [7, 11) is 1.14. The molecule has 1 aromatic heterocycles. The number of rotatable bonds is 6. The van der Waals surface area contributed by atoms with Crippen molar-refractivity contribution in [1.29, 1.82) is 0 Å². The summed E-state index contributed by atoms with van der Waals surface area (Å²) in [5, 5.41) is 12.9. The highest BCUT2D eigenvalue weighted by atomic mass is 32.1. The third-order valence-electron chi connectivity index (χ3n) is 2.35. The number of nitrogens with two attached hydrogens (primary N) is 1. The fourth-order valence-electron chi connectivity index (χ4n) is 1.31. The van der Waals surface area contributed by atoms with Gasteiger partial charge in [-0.15, -0.1) is 11.3 Å². The van der Waals surface area contributed by atoms with E-state index in [1.54, 1.807) is 17.5 Å². The second-order valence-electron chi connectivity index (χ2n) is 3.67. The van der Waals surface area contributed by atoms with E-state index in [0.29, 0.717) is 4.88 Å². The molecule has 0 saturated heterocycles. The molecule has 0 spiro atoms. The highest BCUT2D eigenvalue weighted by Crippen LogP contribution is 2.16. The highest BCUT2D eigenvalue weighted by Gasteiger charge is 2.26. The number of amides is 1. The largest absolute Gasteiger partial charge is 0.480 e. The maximum atomic E-state index is 11.8. The van der Waals surface area contributed by atoms with Gasteiger partial charge in [-0.05, 0) is 11.4 Å². The van der Waals surface area contributed by atoms with Crippen molar-refractivity contribution in [3.8, 4) is 0 Å². The van der Waals surface area contributed by atoms with Gasteiger partial charge in [0.05, 0.1) is 13.5 Å². The maximum absolute atomic E-state index is 11.8. The molecule has 0 aliphatic carbocycles. The summed E-state index contributed by atoms with van der Waals surface area (Å²) >= 11 is 1.29. The second kappa shape index (κ2) is 6.86. The number of aliphatic carboxylic acids is 1. The highest BCUT2D eigenvalue weighted by molar-refractivity contribution is 7.10. The van der Waals surface area contributed by atoms with Crippen molar-refractivity contribution < 1.29 is 24.2 Å². The van der Waals surface area contributed by atoms with Gasteiger partial charge in [0.2, 0.25) is 5.91 Å². The fraction of sp³-hybridized carbons (Fsp3) is 0.364. The lowest BCUT2D eigenvalue weighted by Gasteiger charge is -2.16. The minimum absolute atomic E-state index is 0.450. The summed E-state index contributed by atoms with van der Waals surface area (Å²) in [6, 6.07) is 1.09. The summed E-state index contributed by atoms with van der Waals surface area (Å²) in [5.41, 5.74) is 5.68. The third kappa shape index (κ3) is 4.34. The van der Waals surface area contributed by atoms with Gasteiger partial charge in [0.15, 0.2) is 0 Å². The van der Waals surface area contributed by atoms with Crippen LogP contribution in [0.15, 0.2) is 17.5 Å². The van der Waals surface area contributed by atoms with E-state index in [1.807, 2.05) is 0 Å². The lowest BCUT2D eigenvalue weighted by Crippen LogP contribution is -2.45. The molecule has 1 unspecified atom stereocenters. The zero-order valence-electron chi connectivity index (χ0n) is 10.2. The molecule has 19 heavy (non-hydrogen) atoms. The van der Waals surface area contributed by atoms with Crippen molar-refractivity contribution in [2.24, 2.45) is 5.73 Å². The number of hydrogen-bond acceptors (Lipinski definition) is 6. The lowest BCUT2D eigenvalue weighted by molar-refractivity contribution is -0.148. The normalized spacial score (nSPS) is 13.4. The van der Waals surface area contributed by atoms with E-state index in [4.69, 9.17) is 10.8 Å². The molecule has 1 amide bonds. The summed E-state index contributed by atoms with van der Waals surface area (Å²) in [6.07, 6.45) is -0.450. The van der Waals surface area contributed by atoms with Crippen molar-refractivity contribution in [1.82, 2.24) is 5.32 Å². The van der Waals surface area contributed by atoms with Crippen molar-refractivity contribution in [3.63, 3.8) is 0 Å². The molecule has 4 N–H and O–H groups in total. The van der Waals surface area contributed by atoms with E-state index < -0.39 is 36.4 Å². The van der Waals surface area contributed by atoms with Crippen LogP contribution in [-0.4, -0.2) is 36.1 Å². The molecule has 1 rings (SSSR count). The Hall–Kier alpha value is -1.93. The van der Waals surface area contributed by atoms with Crippen LogP contribution in [0.1, 0.15) is 17.3 Å². The number of carbonyl (C=O) groups excluding carboxylic acids is 2. The van der Waals surface area contributed by atoms with Gasteiger partial charge in [-0.25, -0.2) is 4.79 Å². The molecule has 104 valence electrons. The summed E-state index contributed by atoms with van der Waals surface area (Å²) < 4.78 is 4.36. The topological polar surface area (TPSA) is 119 Å². The average molecular weight is 286 g/mol. The van der Waals surface area contributed by atoms with Crippen LogP contribution in [-0.2, 0) is 19.1 Å². The van der Waals surface area contributed by atoms with Crippen LogP contribution in [0, 0.1) is 0 Å². The number of thiophene rings is 1. The molecule has 0 radical (unpaired) electrons. The first-order valence-electron chi connectivity index (χ1n) is 5.34. The molecule has 0 fully saturated rings. The molecule has 0 aliphatic heterocycles. The number of hydrogen-bond donors (Lipinski definition) is 3. The minimum atomic E-state index is -1.36. The monoisotopic (exact) mass is 286 g/mol. The van der Waals surface area contributed by atoms with Crippen LogP contribution in [0.25, 0.3) is 0 Å². The summed E-state index contributed by atoms with van der Waals surface area (Å²) in [5.74, 6) is -2.70. The Kier molecular flexibility index (Phi) is 5.46. The number of nitrogens with one attached hydrogen (secondary N) is 1. The van der Waals surface area contributed by atoms with Crippen LogP contribution in [0.4, 0.5) is 0 Å². The molecule has 7 nitrogen and oxygen atoms in total. The molecule has 0 saturated carbocycles. The van der Waals surface area contributed by atoms with Gasteiger partial charge in [-0.1, -0.05) is 6.07 Å². The van der Waals surface area contributed by atoms with E-state index in [2.05, 4.69) is 10.1 Å². The number of carboxylic acid groups (broad SMARTS) is 1. The van der Waals surface area contributed by atoms with Gasteiger partial charge < -0.3 is 20.9 Å². The van der Waals surface area contributed by atoms with E-state index >= 15 is 0 Å². The number of carboxylic acids is 1. The predicted molar refractivity (Wildman–Crippen MR) is 67.4 cm³/mol. The lowest BCUT2D eigenvalue weighted by atomic mass is 10.1. The first-order chi connectivity index (χ1) is 8.95. The standard InChI is InChI=1S/C11H14N2O5S/c1-18-8(14)5-6(11(16)17)13-10(15)9(12)7-3-2-4-19-7/h2-4,6,9H,5,12H2,1H3,(H,13,15)(H,16,17)/t6-,9?/m0/s1. The molecule has 8 heteroatoms. The van der Waals surface area contributed by atoms with Crippen molar-refractivity contribution in [2.45, 2.75) is 18.5 Å². The van der Waals surface area contributed by atoms with Gasteiger partial charge in [-0.2, -0.15) is 0 Å². The third-order valence-corrected chi connectivity index (χ3v) is 3.30. The number of carbonyl (C=O) groups is 3. The molecule has 2 atom stereocenters. The van der Waals surface area contributed by atoms with Crippen LogP contribution in [0.3, 0.4) is 0 Å². The van der Waals surface area contributed by atoms with E-state index in [0.717, 1.165) is 7.11 Å². The van der Waals surface area contributed by atoms with Crippen molar-refractivity contribution >= 4 is 29.2 Å². The SMILES string of the molecule is COC(=O)C[C@H](NC(=O)C(N)c1cccs1)C(=O)O. The van der Waals surface area contributed by atoms with Gasteiger partial charge in [0.25, 0.3) is 0 Å². The Morgan fingerprint density at radius 2 is 2.21 bits per heavy atom. The number of methoxy groups -OCH3 is 1. The molecular weight excluding hydrogens is 272 g/mol. The Balaban J connectivity index is 2.66. The Morgan fingerprint density at radius 3 is 2.68 bits per heavy atom. The maximum Gasteiger partial charge on any atom is 0.326 e. The quantitative estimate of drug-likeness (QED) is 0.627. The summed E-state index contributed by atoms with van der Waals surface area (Å²) in [4.78, 5) is 34.4. The Morgan fingerprint density at radius 1 is 1.53 bits per heavy atom. The zero-order chi connectivity index (χ0) is 14.4. The smallest absolute Gasteiger partial charge is 0.326 e. The molecule has 1 aromatic rings. The molecule has 0 bridgehead atoms. The number of esters is 1. The number of ether oxygens (including phenoxy) is 1. The van der Waals surface area contributed by atoms with Gasteiger partial charge in [0.1, 0.15) is 12.1 Å². The van der Waals surface area contributed by atoms with Crippen LogP contribution < -0.4 is 11.1 Å². The van der Waals surface area contributed by atoms with E-state index in [9.17, 15) is 14.4 Å². The van der Waals surface area contributed by atoms with Gasteiger partial charge in [-0.3, -0.25) is 9.59 Å². The van der Waals surface area contributed by atoms with Crippen LogP contribution in [0.2, 0.25) is 0 Å². The van der Waals surface area contributed by atoms with Gasteiger partial charge in [0, 0.05) is 4.88 Å². The van der Waals surface area contributed by atoms with Gasteiger partial charge >= 0.3 is 11.9 Å². The fourth-order valence-corrected chi connectivity index (χ4v) is 2.03. The van der Waals surface area contributed by atoms with Crippen LogP contribution in [0.5, 0.6) is 0 Å². The summed E-state index contributed by atoms with van der Waals surface area (Å²) in [6.45, 7) is 0. The first kappa shape index (κ1) is 15.1. The minimum Gasteiger partial charge on any atom is -0.480 e. The molecule has 0 aromatic carbocycles. The van der Waals surface area contributed by atoms with Crippen molar-refractivity contribution in [2.75, 3.05) is 7.11 Å². The van der Waals surface area contributed by atoms with E-state index in [1.165, 1.54) is 11.3 Å².